The van der Waals surface area contributed by atoms with Gasteiger partial charge in [0.1, 0.15) is 0 Å². The second-order valence-electron chi connectivity index (χ2n) is 3.92. The minimum atomic E-state index is -4.48. The fourth-order valence-electron chi connectivity index (χ4n) is 1.72. The summed E-state index contributed by atoms with van der Waals surface area (Å²) < 4.78 is 47.8. The van der Waals surface area contributed by atoms with Crippen LogP contribution in [0.4, 0.5) is 13.2 Å². The van der Waals surface area contributed by atoms with Gasteiger partial charge in [-0.3, -0.25) is 4.68 Å². The SMILES string of the molecule is CCOC(=O)c1nn(CC)c(CC)c1OCC(F)(F)F. The molecule has 114 valence electrons. The third-order valence-corrected chi connectivity index (χ3v) is 2.49. The van der Waals surface area contributed by atoms with Gasteiger partial charge in [0, 0.05) is 6.54 Å². The molecule has 0 aliphatic carbocycles. The van der Waals surface area contributed by atoms with Crippen molar-refractivity contribution in [3.05, 3.63) is 11.4 Å². The lowest BCUT2D eigenvalue weighted by atomic mass is 10.2. The van der Waals surface area contributed by atoms with Gasteiger partial charge in [0.25, 0.3) is 0 Å². The van der Waals surface area contributed by atoms with Gasteiger partial charge in [-0.05, 0) is 20.3 Å². The summed E-state index contributed by atoms with van der Waals surface area (Å²) in [4.78, 5) is 11.7. The zero-order valence-electron chi connectivity index (χ0n) is 11.6. The molecular formula is C12H17F3N2O3. The lowest BCUT2D eigenvalue weighted by molar-refractivity contribution is -0.153. The Labute approximate surface area is 114 Å². The van der Waals surface area contributed by atoms with Gasteiger partial charge < -0.3 is 9.47 Å². The van der Waals surface area contributed by atoms with Crippen molar-refractivity contribution in [2.24, 2.45) is 0 Å². The van der Waals surface area contributed by atoms with E-state index >= 15 is 0 Å². The maximum atomic E-state index is 12.3. The van der Waals surface area contributed by atoms with Crippen LogP contribution in [-0.4, -0.2) is 35.1 Å². The number of esters is 1. The Hall–Kier alpha value is -1.73. The van der Waals surface area contributed by atoms with Crippen molar-refractivity contribution in [3.8, 4) is 5.75 Å². The first-order chi connectivity index (χ1) is 9.34. The molecule has 0 aromatic carbocycles. The van der Waals surface area contributed by atoms with Crippen molar-refractivity contribution in [2.45, 2.75) is 39.9 Å². The highest BCUT2D eigenvalue weighted by molar-refractivity contribution is 5.90. The molecule has 0 bridgehead atoms. The van der Waals surface area contributed by atoms with Crippen LogP contribution in [0.25, 0.3) is 0 Å². The summed E-state index contributed by atoms with van der Waals surface area (Å²) >= 11 is 0. The number of nitrogens with zero attached hydrogens (tertiary/aromatic N) is 2. The number of carbonyl (C=O) groups is 1. The van der Waals surface area contributed by atoms with E-state index in [4.69, 9.17) is 9.47 Å². The van der Waals surface area contributed by atoms with Gasteiger partial charge in [-0.2, -0.15) is 18.3 Å². The lowest BCUT2D eigenvalue weighted by Crippen LogP contribution is -2.20. The van der Waals surface area contributed by atoms with E-state index in [9.17, 15) is 18.0 Å². The number of hydrogen-bond donors (Lipinski definition) is 0. The van der Waals surface area contributed by atoms with Crippen LogP contribution in [-0.2, 0) is 17.7 Å². The number of alkyl halides is 3. The lowest BCUT2D eigenvalue weighted by Gasteiger charge is -2.10. The van der Waals surface area contributed by atoms with Gasteiger partial charge >= 0.3 is 12.1 Å². The molecule has 0 fully saturated rings. The van der Waals surface area contributed by atoms with Crippen molar-refractivity contribution >= 4 is 5.97 Å². The fourth-order valence-corrected chi connectivity index (χ4v) is 1.72. The molecule has 0 aliphatic rings. The molecule has 1 heterocycles. The third kappa shape index (κ3) is 3.88. The molecule has 0 spiro atoms. The third-order valence-electron chi connectivity index (χ3n) is 2.49. The molecule has 0 radical (unpaired) electrons. The smallest absolute Gasteiger partial charge is 0.422 e. The van der Waals surface area contributed by atoms with Crippen molar-refractivity contribution in [2.75, 3.05) is 13.2 Å². The number of hydrogen-bond acceptors (Lipinski definition) is 4. The molecular weight excluding hydrogens is 277 g/mol. The Kier molecular flexibility index (Phi) is 5.41. The van der Waals surface area contributed by atoms with Gasteiger partial charge in [0.05, 0.1) is 12.3 Å². The Balaban J connectivity index is 3.14. The van der Waals surface area contributed by atoms with E-state index in [0.29, 0.717) is 18.7 Å². The summed E-state index contributed by atoms with van der Waals surface area (Å²) in [5, 5.41) is 3.97. The van der Waals surface area contributed by atoms with E-state index < -0.39 is 18.8 Å². The fraction of sp³-hybridized carbons (Fsp3) is 0.667. The number of halogens is 3. The molecule has 20 heavy (non-hydrogen) atoms. The van der Waals surface area contributed by atoms with Crippen LogP contribution in [0.15, 0.2) is 0 Å². The quantitative estimate of drug-likeness (QED) is 0.757. The largest absolute Gasteiger partial charge is 0.480 e. The molecule has 1 aromatic heterocycles. The molecule has 0 aliphatic heterocycles. The topological polar surface area (TPSA) is 53.3 Å². The van der Waals surface area contributed by atoms with E-state index in [1.807, 2.05) is 0 Å². The molecule has 0 N–H and O–H groups in total. The molecule has 5 nitrogen and oxygen atoms in total. The van der Waals surface area contributed by atoms with Crippen molar-refractivity contribution < 1.29 is 27.4 Å². The van der Waals surface area contributed by atoms with Crippen molar-refractivity contribution in [1.29, 1.82) is 0 Å². The normalized spacial score (nSPS) is 11.5. The average molecular weight is 294 g/mol. The number of rotatable bonds is 6. The number of ether oxygens (including phenoxy) is 2. The second-order valence-corrected chi connectivity index (χ2v) is 3.92. The Morgan fingerprint density at radius 3 is 2.40 bits per heavy atom. The highest BCUT2D eigenvalue weighted by Gasteiger charge is 2.32. The average Bonchev–Trinajstić information content (AvgIpc) is 2.73. The summed E-state index contributed by atoms with van der Waals surface area (Å²) in [7, 11) is 0. The first kappa shape index (κ1) is 16.3. The van der Waals surface area contributed by atoms with E-state index in [-0.39, 0.29) is 18.1 Å². The van der Waals surface area contributed by atoms with Gasteiger partial charge in [0.15, 0.2) is 12.4 Å². The van der Waals surface area contributed by atoms with E-state index in [1.165, 1.54) is 4.68 Å². The Bertz CT molecular complexity index is 469. The Morgan fingerprint density at radius 2 is 1.95 bits per heavy atom. The summed E-state index contributed by atoms with van der Waals surface area (Å²) in [6, 6.07) is 0. The molecule has 0 atom stereocenters. The van der Waals surface area contributed by atoms with Crippen molar-refractivity contribution in [3.63, 3.8) is 0 Å². The first-order valence-electron chi connectivity index (χ1n) is 6.30. The van der Waals surface area contributed by atoms with Crippen LogP contribution in [0.5, 0.6) is 5.75 Å². The second kappa shape index (κ2) is 6.62. The van der Waals surface area contributed by atoms with Crippen LogP contribution >= 0.6 is 0 Å². The molecule has 1 rings (SSSR count). The zero-order chi connectivity index (χ0) is 15.3. The van der Waals surface area contributed by atoms with Crippen LogP contribution in [0, 0.1) is 0 Å². The highest BCUT2D eigenvalue weighted by Crippen LogP contribution is 2.27. The van der Waals surface area contributed by atoms with Gasteiger partial charge in [-0.25, -0.2) is 4.79 Å². The summed E-state index contributed by atoms with van der Waals surface area (Å²) in [5.41, 5.74) is 0.231. The number of aromatic nitrogens is 2. The molecule has 0 unspecified atom stereocenters. The Morgan fingerprint density at radius 1 is 1.30 bits per heavy atom. The standard InChI is InChI=1S/C12H17F3N2O3/c1-4-8-10(20-7-12(13,14)15)9(11(18)19-6-3)16-17(8)5-2/h4-7H2,1-3H3. The monoisotopic (exact) mass is 294 g/mol. The molecule has 0 saturated heterocycles. The zero-order valence-corrected chi connectivity index (χ0v) is 11.6. The molecule has 8 heteroatoms. The maximum absolute atomic E-state index is 12.3. The highest BCUT2D eigenvalue weighted by atomic mass is 19.4. The summed E-state index contributed by atoms with van der Waals surface area (Å²) in [5.74, 6) is -0.934. The van der Waals surface area contributed by atoms with E-state index in [0.717, 1.165) is 0 Å². The van der Waals surface area contributed by atoms with E-state index in [2.05, 4.69) is 5.10 Å². The summed E-state index contributed by atoms with van der Waals surface area (Å²) in [6.45, 7) is 4.18. The maximum Gasteiger partial charge on any atom is 0.422 e. The van der Waals surface area contributed by atoms with Gasteiger partial charge in [-0.15, -0.1) is 0 Å². The molecule has 0 saturated carbocycles. The summed E-state index contributed by atoms with van der Waals surface area (Å²) in [6.07, 6.45) is -4.08. The van der Waals surface area contributed by atoms with Crippen molar-refractivity contribution in [1.82, 2.24) is 9.78 Å². The van der Waals surface area contributed by atoms with Gasteiger partial charge in [0.2, 0.25) is 5.69 Å². The van der Waals surface area contributed by atoms with Crippen LogP contribution < -0.4 is 4.74 Å². The molecule has 1 aromatic rings. The predicted molar refractivity (Wildman–Crippen MR) is 64.8 cm³/mol. The number of carbonyl (C=O) groups excluding carboxylic acids is 1. The van der Waals surface area contributed by atoms with E-state index in [1.54, 1.807) is 20.8 Å². The van der Waals surface area contributed by atoms with Gasteiger partial charge in [-0.1, -0.05) is 6.92 Å². The molecule has 0 amide bonds. The van der Waals surface area contributed by atoms with Crippen LogP contribution in [0.3, 0.4) is 0 Å². The minimum Gasteiger partial charge on any atom is -0.480 e. The minimum absolute atomic E-state index is 0.109. The number of aryl methyl sites for hydroxylation is 1. The van der Waals surface area contributed by atoms with Crippen LogP contribution in [0.2, 0.25) is 0 Å². The van der Waals surface area contributed by atoms with Crippen LogP contribution in [0.1, 0.15) is 37.0 Å². The first-order valence-corrected chi connectivity index (χ1v) is 6.30. The predicted octanol–water partition coefficient (Wildman–Crippen LogP) is 2.58.